The molecule has 17 heavy (non-hydrogen) atoms. The van der Waals surface area contributed by atoms with Crippen molar-refractivity contribution >= 4 is 23.5 Å². The first-order valence-corrected chi connectivity index (χ1v) is 6.88. The number of ketones is 1. The fourth-order valence-electron chi connectivity index (χ4n) is 1.91. The summed E-state index contributed by atoms with van der Waals surface area (Å²) >= 11 is 1.65. The Kier molecular flexibility index (Phi) is 3.84. The highest BCUT2D eigenvalue weighted by atomic mass is 32.2. The minimum Gasteiger partial charge on any atom is -0.335 e. The highest BCUT2D eigenvalue weighted by Crippen LogP contribution is 2.16. The van der Waals surface area contributed by atoms with E-state index in [1.54, 1.807) is 16.7 Å². The molecule has 1 aromatic carbocycles. The van der Waals surface area contributed by atoms with Gasteiger partial charge >= 0.3 is 0 Å². The number of hydrogen-bond acceptors (Lipinski definition) is 3. The van der Waals surface area contributed by atoms with E-state index in [4.69, 9.17) is 0 Å². The molecule has 1 aliphatic rings. The number of likely N-dealkylation sites (tertiary alicyclic amines) is 1. The minimum atomic E-state index is 0.0212. The second-order valence-electron chi connectivity index (χ2n) is 4.07. The predicted molar refractivity (Wildman–Crippen MR) is 68.4 cm³/mol. The largest absolute Gasteiger partial charge is 0.335 e. The van der Waals surface area contributed by atoms with Crippen LogP contribution < -0.4 is 0 Å². The fourth-order valence-corrected chi connectivity index (χ4v) is 2.32. The van der Waals surface area contributed by atoms with Crippen LogP contribution in [0.25, 0.3) is 0 Å². The molecular weight excluding hydrogens is 234 g/mol. The lowest BCUT2D eigenvalue weighted by molar-refractivity contribution is -0.127. The summed E-state index contributed by atoms with van der Waals surface area (Å²) in [4.78, 5) is 26.1. The van der Waals surface area contributed by atoms with Crippen LogP contribution in [0.2, 0.25) is 0 Å². The smallest absolute Gasteiger partial charge is 0.223 e. The van der Waals surface area contributed by atoms with Crippen LogP contribution in [0.1, 0.15) is 23.2 Å². The second-order valence-corrected chi connectivity index (χ2v) is 4.95. The Hall–Kier alpha value is -1.29. The van der Waals surface area contributed by atoms with Gasteiger partial charge in [0.2, 0.25) is 5.91 Å². The lowest BCUT2D eigenvalue weighted by Gasteiger charge is -2.14. The van der Waals surface area contributed by atoms with Crippen LogP contribution in [0, 0.1) is 0 Å². The summed E-state index contributed by atoms with van der Waals surface area (Å²) in [6, 6.07) is 7.52. The number of Topliss-reactive ketones (excluding diaryl/α,β-unsaturated/α-hetero) is 1. The standard InChI is InChI=1S/C13H15NO2S/c1-17-11-6-4-10(5-7-11)12(15)9-14-8-2-3-13(14)16/h4-7H,2-3,8-9H2,1H3. The molecule has 1 aromatic rings. The van der Waals surface area contributed by atoms with Crippen molar-refractivity contribution in [1.29, 1.82) is 0 Å². The van der Waals surface area contributed by atoms with Crippen LogP contribution >= 0.6 is 11.8 Å². The molecule has 0 unspecified atom stereocenters. The van der Waals surface area contributed by atoms with Crippen LogP contribution in [0.3, 0.4) is 0 Å². The highest BCUT2D eigenvalue weighted by molar-refractivity contribution is 7.98. The molecule has 1 aliphatic heterocycles. The summed E-state index contributed by atoms with van der Waals surface area (Å²) < 4.78 is 0. The van der Waals surface area contributed by atoms with Gasteiger partial charge in [-0.15, -0.1) is 11.8 Å². The van der Waals surface area contributed by atoms with Gasteiger partial charge in [-0.2, -0.15) is 0 Å². The monoisotopic (exact) mass is 249 g/mol. The summed E-state index contributed by atoms with van der Waals surface area (Å²) in [5, 5.41) is 0. The molecular formula is C13H15NO2S. The first kappa shape index (κ1) is 12.2. The number of carbonyl (C=O) groups is 2. The molecule has 0 aromatic heterocycles. The lowest BCUT2D eigenvalue weighted by Crippen LogP contribution is -2.30. The van der Waals surface area contributed by atoms with E-state index in [1.165, 1.54) is 0 Å². The topological polar surface area (TPSA) is 37.4 Å². The van der Waals surface area contributed by atoms with Crippen molar-refractivity contribution in [2.75, 3.05) is 19.3 Å². The van der Waals surface area contributed by atoms with E-state index in [0.29, 0.717) is 18.5 Å². The van der Waals surface area contributed by atoms with Gasteiger partial charge in [0, 0.05) is 23.4 Å². The molecule has 0 radical (unpaired) electrons. The maximum absolute atomic E-state index is 11.9. The molecule has 1 fully saturated rings. The lowest BCUT2D eigenvalue weighted by atomic mass is 10.1. The third kappa shape index (κ3) is 2.88. The zero-order chi connectivity index (χ0) is 12.3. The highest BCUT2D eigenvalue weighted by Gasteiger charge is 2.22. The van der Waals surface area contributed by atoms with E-state index in [2.05, 4.69) is 0 Å². The number of benzene rings is 1. The molecule has 0 aliphatic carbocycles. The van der Waals surface area contributed by atoms with Gasteiger partial charge in [-0.05, 0) is 24.8 Å². The third-order valence-electron chi connectivity index (χ3n) is 2.92. The number of nitrogens with zero attached hydrogens (tertiary/aromatic N) is 1. The summed E-state index contributed by atoms with van der Waals surface area (Å²) in [6.07, 6.45) is 3.45. The Balaban J connectivity index is 2.01. The van der Waals surface area contributed by atoms with Gasteiger partial charge in [-0.3, -0.25) is 9.59 Å². The third-order valence-corrected chi connectivity index (χ3v) is 3.66. The van der Waals surface area contributed by atoms with E-state index in [0.717, 1.165) is 11.3 Å². The van der Waals surface area contributed by atoms with Crippen molar-refractivity contribution in [3.63, 3.8) is 0 Å². The molecule has 0 bridgehead atoms. The molecule has 4 heteroatoms. The van der Waals surface area contributed by atoms with E-state index < -0.39 is 0 Å². The van der Waals surface area contributed by atoms with Crippen molar-refractivity contribution in [1.82, 2.24) is 4.90 Å². The quantitative estimate of drug-likeness (QED) is 0.606. The van der Waals surface area contributed by atoms with Gasteiger partial charge in [0.25, 0.3) is 0 Å². The minimum absolute atomic E-state index is 0.0212. The fraction of sp³-hybridized carbons (Fsp3) is 0.385. The SMILES string of the molecule is CSc1ccc(C(=O)CN2CCCC2=O)cc1. The number of rotatable bonds is 4. The molecule has 1 amide bonds. The van der Waals surface area contributed by atoms with Crippen LogP contribution in [-0.2, 0) is 4.79 Å². The maximum atomic E-state index is 11.9. The summed E-state index contributed by atoms with van der Waals surface area (Å²) in [5.41, 5.74) is 0.683. The van der Waals surface area contributed by atoms with Crippen molar-refractivity contribution in [3.05, 3.63) is 29.8 Å². The zero-order valence-electron chi connectivity index (χ0n) is 9.81. The van der Waals surface area contributed by atoms with Crippen LogP contribution in [-0.4, -0.2) is 35.9 Å². The summed E-state index contributed by atoms with van der Waals surface area (Å²) in [7, 11) is 0. The first-order valence-electron chi connectivity index (χ1n) is 5.66. The van der Waals surface area contributed by atoms with Gasteiger partial charge in [0.15, 0.2) is 5.78 Å². The average molecular weight is 249 g/mol. The predicted octanol–water partition coefficient (Wildman–Crippen LogP) is 2.21. The summed E-state index contributed by atoms with van der Waals surface area (Å²) in [5.74, 6) is 0.118. The van der Waals surface area contributed by atoms with Gasteiger partial charge in [0.1, 0.15) is 0 Å². The van der Waals surface area contributed by atoms with Crippen molar-refractivity contribution < 1.29 is 9.59 Å². The molecule has 3 nitrogen and oxygen atoms in total. The Morgan fingerprint density at radius 1 is 1.35 bits per heavy atom. The normalized spacial score (nSPS) is 15.4. The van der Waals surface area contributed by atoms with Crippen molar-refractivity contribution in [2.45, 2.75) is 17.7 Å². The van der Waals surface area contributed by atoms with Crippen LogP contribution in [0.5, 0.6) is 0 Å². The van der Waals surface area contributed by atoms with E-state index in [1.807, 2.05) is 30.5 Å². The number of thioether (sulfide) groups is 1. The Morgan fingerprint density at radius 3 is 2.59 bits per heavy atom. The number of carbonyl (C=O) groups excluding carboxylic acids is 2. The molecule has 0 spiro atoms. The molecule has 90 valence electrons. The van der Waals surface area contributed by atoms with E-state index in [-0.39, 0.29) is 18.2 Å². The second kappa shape index (κ2) is 5.36. The molecule has 0 N–H and O–H groups in total. The molecule has 1 saturated heterocycles. The number of hydrogen-bond donors (Lipinski definition) is 0. The molecule has 1 heterocycles. The average Bonchev–Trinajstić information content (AvgIpc) is 2.75. The van der Waals surface area contributed by atoms with Crippen LogP contribution in [0.15, 0.2) is 29.2 Å². The van der Waals surface area contributed by atoms with Crippen molar-refractivity contribution in [2.24, 2.45) is 0 Å². The Morgan fingerprint density at radius 2 is 2.06 bits per heavy atom. The van der Waals surface area contributed by atoms with E-state index in [9.17, 15) is 9.59 Å². The molecule has 0 saturated carbocycles. The van der Waals surface area contributed by atoms with Gasteiger partial charge < -0.3 is 4.90 Å². The number of amides is 1. The van der Waals surface area contributed by atoms with Gasteiger partial charge in [-0.1, -0.05) is 12.1 Å². The maximum Gasteiger partial charge on any atom is 0.223 e. The Labute approximate surface area is 105 Å². The Bertz CT molecular complexity index is 428. The van der Waals surface area contributed by atoms with Gasteiger partial charge in [0.05, 0.1) is 6.54 Å². The molecule has 2 rings (SSSR count). The zero-order valence-corrected chi connectivity index (χ0v) is 10.6. The first-order chi connectivity index (χ1) is 8.20. The van der Waals surface area contributed by atoms with Gasteiger partial charge in [-0.25, -0.2) is 0 Å². The molecule has 0 atom stereocenters. The van der Waals surface area contributed by atoms with Crippen molar-refractivity contribution in [3.8, 4) is 0 Å². The van der Waals surface area contributed by atoms with Crippen LogP contribution in [0.4, 0.5) is 0 Å². The van der Waals surface area contributed by atoms with E-state index >= 15 is 0 Å². The summed E-state index contributed by atoms with van der Waals surface area (Å²) in [6.45, 7) is 0.935.